The van der Waals surface area contributed by atoms with E-state index >= 15 is 0 Å². The molecule has 3 aromatic heterocycles. The highest BCUT2D eigenvalue weighted by Crippen LogP contribution is 2.15. The second-order valence-corrected chi connectivity index (χ2v) is 6.95. The smallest absolute Gasteiger partial charge is 0.197 e. The average molecular weight is 392 g/mol. The van der Waals surface area contributed by atoms with Crippen molar-refractivity contribution in [3.8, 4) is 0 Å². The first-order chi connectivity index (χ1) is 14.2. The third-order valence-electron chi connectivity index (χ3n) is 4.81. The number of hydrogen-bond acceptors (Lipinski definition) is 5. The second-order valence-electron chi connectivity index (χ2n) is 6.95. The van der Waals surface area contributed by atoms with Crippen molar-refractivity contribution in [2.24, 2.45) is 0 Å². The van der Waals surface area contributed by atoms with Crippen LogP contribution < -0.4 is 5.43 Å². The first-order valence-electron chi connectivity index (χ1n) is 9.46. The number of benzene rings is 1. The summed E-state index contributed by atoms with van der Waals surface area (Å²) in [5.74, 6) is -0.424. The van der Waals surface area contributed by atoms with Crippen LogP contribution in [0.2, 0.25) is 0 Å². The Balaban J connectivity index is 1.53. The molecule has 0 bridgehead atoms. The highest BCUT2D eigenvalue weighted by atomic mass is 19.1. The Labute approximate surface area is 167 Å². The van der Waals surface area contributed by atoms with Crippen LogP contribution in [0, 0.1) is 5.82 Å². The van der Waals surface area contributed by atoms with Gasteiger partial charge in [-0.2, -0.15) is 0 Å². The minimum atomic E-state index is -0.424. The molecule has 6 nitrogen and oxygen atoms in total. The van der Waals surface area contributed by atoms with Gasteiger partial charge in [0, 0.05) is 62.6 Å². The molecule has 0 saturated heterocycles. The molecular formula is C22H21FN4O2. The Hall–Kier alpha value is -3.32. The van der Waals surface area contributed by atoms with Gasteiger partial charge in [0.25, 0.3) is 0 Å². The molecule has 0 unspecified atom stereocenters. The minimum absolute atomic E-state index is 0.124. The Morgan fingerprint density at radius 2 is 1.93 bits per heavy atom. The summed E-state index contributed by atoms with van der Waals surface area (Å²) in [6.45, 7) is 2.77. The van der Waals surface area contributed by atoms with Crippen LogP contribution in [0.4, 0.5) is 4.39 Å². The lowest BCUT2D eigenvalue weighted by molar-refractivity contribution is 0.246. The van der Waals surface area contributed by atoms with E-state index in [1.807, 2.05) is 22.9 Å². The quantitative estimate of drug-likeness (QED) is 0.458. The van der Waals surface area contributed by atoms with Gasteiger partial charge in [-0.1, -0.05) is 0 Å². The summed E-state index contributed by atoms with van der Waals surface area (Å²) in [5.41, 5.74) is 1.82. The zero-order valence-electron chi connectivity index (χ0n) is 15.9. The number of halogens is 1. The lowest BCUT2D eigenvalue weighted by atomic mass is 10.1. The van der Waals surface area contributed by atoms with Gasteiger partial charge < -0.3 is 8.98 Å². The summed E-state index contributed by atoms with van der Waals surface area (Å²) < 4.78 is 21.0. The monoisotopic (exact) mass is 392 g/mol. The molecule has 148 valence electrons. The van der Waals surface area contributed by atoms with Gasteiger partial charge in [-0.25, -0.2) is 9.37 Å². The largest absolute Gasteiger partial charge is 0.464 e. The van der Waals surface area contributed by atoms with Crippen molar-refractivity contribution in [1.29, 1.82) is 0 Å². The van der Waals surface area contributed by atoms with Crippen molar-refractivity contribution in [2.75, 3.05) is 6.54 Å². The topological polar surface area (TPSA) is 64.2 Å². The van der Waals surface area contributed by atoms with E-state index in [4.69, 9.17) is 4.42 Å². The highest BCUT2D eigenvalue weighted by molar-refractivity contribution is 5.76. The SMILES string of the molecule is O=c1c(CN(CCCn2ccnc2)Cc2ccncc2)coc2cc(F)ccc12. The van der Waals surface area contributed by atoms with Crippen LogP contribution in [0.5, 0.6) is 0 Å². The first kappa shape index (κ1) is 19.0. The Kier molecular flexibility index (Phi) is 5.76. The van der Waals surface area contributed by atoms with Gasteiger partial charge in [0.1, 0.15) is 11.4 Å². The molecule has 0 radical (unpaired) electrons. The van der Waals surface area contributed by atoms with Crippen molar-refractivity contribution < 1.29 is 8.81 Å². The molecular weight excluding hydrogens is 371 g/mol. The van der Waals surface area contributed by atoms with Crippen LogP contribution in [0.15, 0.2) is 76.9 Å². The molecule has 1 aromatic carbocycles. The van der Waals surface area contributed by atoms with Crippen molar-refractivity contribution >= 4 is 11.0 Å². The Bertz CT molecular complexity index is 1130. The number of pyridine rings is 1. The van der Waals surface area contributed by atoms with Gasteiger partial charge >= 0.3 is 0 Å². The fraction of sp³-hybridized carbons (Fsp3) is 0.227. The molecule has 0 aliphatic rings. The summed E-state index contributed by atoms with van der Waals surface area (Å²) in [4.78, 5) is 23.2. The molecule has 0 N–H and O–H groups in total. The fourth-order valence-electron chi connectivity index (χ4n) is 3.35. The van der Waals surface area contributed by atoms with Crippen molar-refractivity contribution in [3.05, 3.63) is 94.9 Å². The number of imidazole rings is 1. The van der Waals surface area contributed by atoms with Gasteiger partial charge in [0.2, 0.25) is 0 Å². The van der Waals surface area contributed by atoms with E-state index in [1.165, 1.54) is 24.5 Å². The highest BCUT2D eigenvalue weighted by Gasteiger charge is 2.13. The maximum Gasteiger partial charge on any atom is 0.197 e. The number of nitrogens with zero attached hydrogens (tertiary/aromatic N) is 4. The molecule has 0 spiro atoms. The minimum Gasteiger partial charge on any atom is -0.464 e. The van der Waals surface area contributed by atoms with Gasteiger partial charge in [0.05, 0.1) is 18.0 Å². The zero-order valence-corrected chi connectivity index (χ0v) is 15.9. The molecule has 0 aliphatic carbocycles. The van der Waals surface area contributed by atoms with E-state index in [0.717, 1.165) is 25.1 Å². The van der Waals surface area contributed by atoms with E-state index in [9.17, 15) is 9.18 Å². The standard InChI is InChI=1S/C22H21FN4O2/c23-19-2-3-20-21(12-19)29-15-18(22(20)28)14-27(13-17-4-6-24-7-5-17)10-1-9-26-11-8-25-16-26/h2-8,11-12,15-16H,1,9-10,13-14H2. The Morgan fingerprint density at radius 1 is 1.07 bits per heavy atom. The average Bonchev–Trinajstić information content (AvgIpc) is 3.24. The number of fused-ring (bicyclic) bond motifs is 1. The van der Waals surface area contributed by atoms with Gasteiger partial charge in [0.15, 0.2) is 5.43 Å². The summed E-state index contributed by atoms with van der Waals surface area (Å²) in [5, 5.41) is 0.395. The number of hydrogen-bond donors (Lipinski definition) is 0. The molecule has 4 rings (SSSR count). The fourth-order valence-corrected chi connectivity index (χ4v) is 3.35. The summed E-state index contributed by atoms with van der Waals surface area (Å²) >= 11 is 0. The van der Waals surface area contributed by atoms with Crippen LogP contribution >= 0.6 is 0 Å². The molecule has 0 amide bonds. The molecule has 0 atom stereocenters. The third-order valence-corrected chi connectivity index (χ3v) is 4.81. The third kappa shape index (κ3) is 4.75. The van der Waals surface area contributed by atoms with Crippen LogP contribution in [-0.4, -0.2) is 26.0 Å². The molecule has 7 heteroatoms. The maximum absolute atomic E-state index is 13.4. The van der Waals surface area contributed by atoms with E-state index in [0.29, 0.717) is 24.0 Å². The Morgan fingerprint density at radius 3 is 2.72 bits per heavy atom. The molecule has 0 aliphatic heterocycles. The number of aromatic nitrogens is 3. The summed E-state index contributed by atoms with van der Waals surface area (Å²) in [7, 11) is 0. The molecule has 3 heterocycles. The van der Waals surface area contributed by atoms with Gasteiger partial charge in [-0.3, -0.25) is 14.7 Å². The van der Waals surface area contributed by atoms with Crippen LogP contribution in [0.3, 0.4) is 0 Å². The summed E-state index contributed by atoms with van der Waals surface area (Å²) in [6.07, 6.45) is 11.4. The van der Waals surface area contributed by atoms with Crippen molar-refractivity contribution in [1.82, 2.24) is 19.4 Å². The van der Waals surface area contributed by atoms with E-state index in [-0.39, 0.29) is 11.0 Å². The second kappa shape index (κ2) is 8.79. The molecule has 0 fully saturated rings. The van der Waals surface area contributed by atoms with Crippen LogP contribution in [0.1, 0.15) is 17.5 Å². The predicted octanol–water partition coefficient (Wildman–Crippen LogP) is 3.62. The van der Waals surface area contributed by atoms with Crippen molar-refractivity contribution in [2.45, 2.75) is 26.1 Å². The van der Waals surface area contributed by atoms with Crippen LogP contribution in [0.25, 0.3) is 11.0 Å². The van der Waals surface area contributed by atoms with Gasteiger partial charge in [-0.05, 0) is 36.2 Å². The van der Waals surface area contributed by atoms with Crippen molar-refractivity contribution in [3.63, 3.8) is 0 Å². The van der Waals surface area contributed by atoms with Crippen LogP contribution in [-0.2, 0) is 19.6 Å². The lowest BCUT2D eigenvalue weighted by Crippen LogP contribution is -2.27. The normalized spacial score (nSPS) is 11.4. The predicted molar refractivity (Wildman–Crippen MR) is 108 cm³/mol. The van der Waals surface area contributed by atoms with E-state index < -0.39 is 5.82 Å². The van der Waals surface area contributed by atoms with Gasteiger partial charge in [-0.15, -0.1) is 0 Å². The molecule has 0 saturated carbocycles. The number of aryl methyl sites for hydroxylation is 1. The first-order valence-corrected chi connectivity index (χ1v) is 9.46. The molecule has 29 heavy (non-hydrogen) atoms. The lowest BCUT2D eigenvalue weighted by Gasteiger charge is -2.22. The van der Waals surface area contributed by atoms with E-state index in [2.05, 4.69) is 14.9 Å². The maximum atomic E-state index is 13.4. The summed E-state index contributed by atoms with van der Waals surface area (Å²) in [6, 6.07) is 7.93. The number of rotatable bonds is 8. The zero-order chi connectivity index (χ0) is 20.1. The molecule has 4 aromatic rings. The van der Waals surface area contributed by atoms with E-state index in [1.54, 1.807) is 24.9 Å².